The van der Waals surface area contributed by atoms with Crippen molar-refractivity contribution in [3.8, 4) is 11.5 Å². The van der Waals surface area contributed by atoms with Crippen molar-refractivity contribution >= 4 is 17.3 Å². The Morgan fingerprint density at radius 1 is 1.21 bits per heavy atom. The number of non-ortho nitro benzene ring substituents is 1. The van der Waals surface area contributed by atoms with Crippen molar-refractivity contribution in [2.24, 2.45) is 0 Å². The van der Waals surface area contributed by atoms with Crippen LogP contribution < -0.4 is 4.74 Å². The van der Waals surface area contributed by atoms with Crippen LogP contribution in [0.25, 0.3) is 0 Å². The zero-order chi connectivity index (χ0) is 13.8. The Labute approximate surface area is 115 Å². The van der Waals surface area contributed by atoms with Crippen molar-refractivity contribution in [3.05, 3.63) is 63.7 Å². The predicted octanol–water partition coefficient (Wildman–Crippen LogP) is 4.43. The van der Waals surface area contributed by atoms with Crippen LogP contribution in [0.3, 0.4) is 0 Å². The highest BCUT2D eigenvalue weighted by molar-refractivity contribution is 6.17. The van der Waals surface area contributed by atoms with Gasteiger partial charge in [-0.2, -0.15) is 0 Å². The smallest absolute Gasteiger partial charge is 0.273 e. The number of halogens is 1. The first-order chi connectivity index (χ1) is 9.11. The van der Waals surface area contributed by atoms with E-state index in [1.807, 2.05) is 25.1 Å². The first-order valence-corrected chi connectivity index (χ1v) is 6.22. The molecule has 19 heavy (non-hydrogen) atoms. The van der Waals surface area contributed by atoms with Crippen molar-refractivity contribution in [1.29, 1.82) is 0 Å². The number of nitrogens with zero attached hydrogens (tertiary/aromatic N) is 1. The fourth-order valence-corrected chi connectivity index (χ4v) is 1.87. The molecule has 5 heteroatoms. The average molecular weight is 278 g/mol. The summed E-state index contributed by atoms with van der Waals surface area (Å²) in [4.78, 5) is 10.3. The van der Waals surface area contributed by atoms with Crippen molar-refractivity contribution in [1.82, 2.24) is 0 Å². The summed E-state index contributed by atoms with van der Waals surface area (Å²) in [5, 5.41) is 10.8. The maximum atomic E-state index is 10.8. The third kappa shape index (κ3) is 3.03. The number of nitro groups is 1. The van der Waals surface area contributed by atoms with E-state index in [2.05, 4.69) is 0 Å². The van der Waals surface area contributed by atoms with Crippen molar-refractivity contribution in [2.45, 2.75) is 12.8 Å². The summed E-state index contributed by atoms with van der Waals surface area (Å²) in [5.41, 5.74) is 1.68. The lowest BCUT2D eigenvalue weighted by atomic mass is 10.2. The second-order valence-electron chi connectivity index (χ2n) is 4.05. The number of hydrogen-bond acceptors (Lipinski definition) is 3. The lowest BCUT2D eigenvalue weighted by Crippen LogP contribution is -1.94. The van der Waals surface area contributed by atoms with Crippen LogP contribution in [0.15, 0.2) is 42.5 Å². The van der Waals surface area contributed by atoms with Gasteiger partial charge in [0.15, 0.2) is 0 Å². The molecule has 4 nitrogen and oxygen atoms in total. The van der Waals surface area contributed by atoms with E-state index in [0.29, 0.717) is 17.4 Å². The molecule has 0 atom stereocenters. The highest BCUT2D eigenvalue weighted by Gasteiger charge is 2.11. The molecule has 0 aliphatic rings. The Morgan fingerprint density at radius 3 is 2.63 bits per heavy atom. The Balaban J connectivity index is 2.37. The number of ether oxygens (including phenoxy) is 1. The number of rotatable bonds is 4. The predicted molar refractivity (Wildman–Crippen MR) is 73.9 cm³/mol. The molecule has 98 valence electrons. The fraction of sp³-hybridized carbons (Fsp3) is 0.143. The molecular formula is C14H12ClNO3. The summed E-state index contributed by atoms with van der Waals surface area (Å²) in [7, 11) is 0. The molecule has 0 bridgehead atoms. The van der Waals surface area contributed by atoms with E-state index in [0.717, 1.165) is 11.1 Å². The number of benzene rings is 2. The zero-order valence-electron chi connectivity index (χ0n) is 10.3. The maximum Gasteiger partial charge on any atom is 0.273 e. The minimum Gasteiger partial charge on any atom is -0.456 e. The molecule has 2 aromatic rings. The molecule has 0 unspecified atom stereocenters. The molecule has 0 spiro atoms. The Kier molecular flexibility index (Phi) is 4.02. The van der Waals surface area contributed by atoms with Gasteiger partial charge in [-0.05, 0) is 24.6 Å². The third-order valence-electron chi connectivity index (χ3n) is 2.72. The van der Waals surface area contributed by atoms with Crippen molar-refractivity contribution in [3.63, 3.8) is 0 Å². The summed E-state index contributed by atoms with van der Waals surface area (Å²) >= 11 is 5.83. The Hall–Kier alpha value is -2.07. The second-order valence-corrected chi connectivity index (χ2v) is 4.32. The summed E-state index contributed by atoms with van der Waals surface area (Å²) in [5.74, 6) is 1.40. The standard InChI is InChI=1S/C14H12ClNO3/c1-10-6-7-12(16(17)18)8-14(10)19-13-5-3-2-4-11(13)9-15/h2-8H,9H2,1H3. The first kappa shape index (κ1) is 13.4. The molecule has 0 aliphatic heterocycles. The van der Waals surface area contributed by atoms with Crippen LogP contribution in [-0.4, -0.2) is 4.92 Å². The van der Waals surface area contributed by atoms with Crippen molar-refractivity contribution in [2.75, 3.05) is 0 Å². The van der Waals surface area contributed by atoms with Gasteiger partial charge < -0.3 is 4.74 Å². The number of hydrogen-bond donors (Lipinski definition) is 0. The maximum absolute atomic E-state index is 10.8. The van der Waals surface area contributed by atoms with Gasteiger partial charge in [-0.15, -0.1) is 11.6 Å². The normalized spacial score (nSPS) is 10.2. The number of para-hydroxylation sites is 1. The SMILES string of the molecule is Cc1ccc([N+](=O)[O-])cc1Oc1ccccc1CCl. The highest BCUT2D eigenvalue weighted by atomic mass is 35.5. The van der Waals surface area contributed by atoms with Gasteiger partial charge in [-0.1, -0.05) is 18.2 Å². The summed E-state index contributed by atoms with van der Waals surface area (Å²) in [6.07, 6.45) is 0. The fourth-order valence-electron chi connectivity index (χ4n) is 1.64. The molecule has 0 aromatic heterocycles. The quantitative estimate of drug-likeness (QED) is 0.472. The first-order valence-electron chi connectivity index (χ1n) is 5.68. The largest absolute Gasteiger partial charge is 0.456 e. The molecule has 0 amide bonds. The van der Waals surface area contributed by atoms with Gasteiger partial charge in [0.2, 0.25) is 0 Å². The minimum absolute atomic E-state index is 0.00366. The number of aryl methyl sites for hydroxylation is 1. The van der Waals surface area contributed by atoms with Crippen LogP contribution in [0.2, 0.25) is 0 Å². The zero-order valence-corrected chi connectivity index (χ0v) is 11.1. The Morgan fingerprint density at radius 2 is 1.95 bits per heavy atom. The van der Waals surface area contributed by atoms with Crippen LogP contribution in [0.5, 0.6) is 11.5 Å². The van der Waals surface area contributed by atoms with E-state index < -0.39 is 4.92 Å². The van der Waals surface area contributed by atoms with Crippen LogP contribution in [0.1, 0.15) is 11.1 Å². The molecule has 0 N–H and O–H groups in total. The van der Waals surface area contributed by atoms with Gasteiger partial charge in [0.05, 0.1) is 16.9 Å². The lowest BCUT2D eigenvalue weighted by molar-refractivity contribution is -0.384. The highest BCUT2D eigenvalue weighted by Crippen LogP contribution is 2.31. The van der Waals surface area contributed by atoms with E-state index in [-0.39, 0.29) is 5.69 Å². The van der Waals surface area contributed by atoms with Crippen molar-refractivity contribution < 1.29 is 9.66 Å². The molecule has 0 saturated heterocycles. The molecule has 0 radical (unpaired) electrons. The molecule has 2 aromatic carbocycles. The van der Waals surface area contributed by atoms with E-state index >= 15 is 0 Å². The number of nitro benzene ring substituents is 1. The topological polar surface area (TPSA) is 52.4 Å². The third-order valence-corrected chi connectivity index (χ3v) is 3.01. The van der Waals surface area contributed by atoms with E-state index in [9.17, 15) is 10.1 Å². The van der Waals surface area contributed by atoms with Gasteiger partial charge in [0.1, 0.15) is 11.5 Å². The second kappa shape index (κ2) is 5.71. The molecule has 0 saturated carbocycles. The molecular weight excluding hydrogens is 266 g/mol. The van der Waals surface area contributed by atoms with Gasteiger partial charge in [0.25, 0.3) is 5.69 Å². The monoisotopic (exact) mass is 277 g/mol. The molecule has 2 rings (SSSR count). The summed E-state index contributed by atoms with van der Waals surface area (Å²) in [6.45, 7) is 1.84. The summed E-state index contributed by atoms with van der Waals surface area (Å²) < 4.78 is 5.73. The lowest BCUT2D eigenvalue weighted by Gasteiger charge is -2.11. The van der Waals surface area contributed by atoms with E-state index in [1.165, 1.54) is 12.1 Å². The van der Waals surface area contributed by atoms with Gasteiger partial charge in [0, 0.05) is 11.6 Å². The summed E-state index contributed by atoms with van der Waals surface area (Å²) in [6, 6.07) is 11.9. The minimum atomic E-state index is -0.445. The van der Waals surface area contributed by atoms with Crippen LogP contribution in [-0.2, 0) is 5.88 Å². The van der Waals surface area contributed by atoms with E-state index in [4.69, 9.17) is 16.3 Å². The average Bonchev–Trinajstić information content (AvgIpc) is 2.41. The van der Waals surface area contributed by atoms with Gasteiger partial charge in [-0.3, -0.25) is 10.1 Å². The molecule has 0 aliphatic carbocycles. The molecule has 0 fully saturated rings. The van der Waals surface area contributed by atoms with Gasteiger partial charge in [-0.25, -0.2) is 0 Å². The Bertz CT molecular complexity index is 613. The van der Waals surface area contributed by atoms with Gasteiger partial charge >= 0.3 is 0 Å². The molecule has 0 heterocycles. The van der Waals surface area contributed by atoms with Crippen LogP contribution in [0, 0.1) is 17.0 Å². The number of alkyl halides is 1. The van der Waals surface area contributed by atoms with E-state index in [1.54, 1.807) is 12.1 Å². The van der Waals surface area contributed by atoms with Crippen LogP contribution >= 0.6 is 11.6 Å². The van der Waals surface area contributed by atoms with Crippen LogP contribution in [0.4, 0.5) is 5.69 Å².